The molecule has 0 spiro atoms. The van der Waals surface area contributed by atoms with E-state index in [-0.39, 0.29) is 18.4 Å². The van der Waals surface area contributed by atoms with Crippen molar-refractivity contribution in [3.05, 3.63) is 0 Å². The minimum Gasteiger partial charge on any atom is -0.381 e. The van der Waals surface area contributed by atoms with Gasteiger partial charge in [0.1, 0.15) is 0 Å². The molecule has 1 aliphatic heterocycles. The van der Waals surface area contributed by atoms with E-state index in [9.17, 15) is 13.2 Å². The highest BCUT2D eigenvalue weighted by atomic mass is 19.4. The van der Waals surface area contributed by atoms with Crippen LogP contribution in [0, 0.1) is 5.41 Å². The maximum atomic E-state index is 11.7. The summed E-state index contributed by atoms with van der Waals surface area (Å²) in [5, 5.41) is 0. The Labute approximate surface area is 81.4 Å². The number of halogens is 3. The molecule has 0 unspecified atom stereocenters. The van der Waals surface area contributed by atoms with E-state index in [1.54, 1.807) is 0 Å². The predicted molar refractivity (Wildman–Crippen MR) is 45.0 cm³/mol. The summed E-state index contributed by atoms with van der Waals surface area (Å²) in [6.07, 6.45) is -4.78. The first kappa shape index (κ1) is 11.8. The van der Waals surface area contributed by atoms with Crippen LogP contribution >= 0.6 is 0 Å². The van der Waals surface area contributed by atoms with Crippen LogP contribution in [-0.4, -0.2) is 32.6 Å². The zero-order valence-corrected chi connectivity index (χ0v) is 8.19. The van der Waals surface area contributed by atoms with Crippen LogP contribution < -0.4 is 0 Å². The first-order chi connectivity index (χ1) is 6.41. The quantitative estimate of drug-likeness (QED) is 0.651. The lowest BCUT2D eigenvalue weighted by atomic mass is 9.90. The fourth-order valence-corrected chi connectivity index (χ4v) is 1.23. The van der Waals surface area contributed by atoms with Crippen LogP contribution in [0.15, 0.2) is 0 Å². The highest BCUT2D eigenvalue weighted by Crippen LogP contribution is 2.27. The molecule has 1 fully saturated rings. The van der Waals surface area contributed by atoms with Crippen molar-refractivity contribution >= 4 is 0 Å². The van der Waals surface area contributed by atoms with Gasteiger partial charge in [-0.2, -0.15) is 13.2 Å². The third-order valence-corrected chi connectivity index (χ3v) is 2.10. The van der Waals surface area contributed by atoms with Crippen molar-refractivity contribution in [2.24, 2.45) is 5.41 Å². The van der Waals surface area contributed by atoms with Gasteiger partial charge in [0.15, 0.2) is 0 Å². The van der Waals surface area contributed by atoms with Gasteiger partial charge in [0.25, 0.3) is 0 Å². The van der Waals surface area contributed by atoms with E-state index in [1.165, 1.54) is 0 Å². The lowest BCUT2D eigenvalue weighted by Gasteiger charge is -2.37. The Morgan fingerprint density at radius 1 is 1.36 bits per heavy atom. The largest absolute Gasteiger partial charge is 0.389 e. The molecular formula is C9H15F3O2. The first-order valence-corrected chi connectivity index (χ1v) is 4.64. The fourth-order valence-electron chi connectivity index (χ4n) is 1.23. The van der Waals surface area contributed by atoms with Crippen LogP contribution in [0.4, 0.5) is 13.2 Å². The summed E-state index contributed by atoms with van der Waals surface area (Å²) in [7, 11) is 0. The van der Waals surface area contributed by atoms with E-state index in [2.05, 4.69) is 0 Å². The number of ether oxygens (including phenoxy) is 2. The summed E-state index contributed by atoms with van der Waals surface area (Å²) < 4.78 is 45.3. The summed E-state index contributed by atoms with van der Waals surface area (Å²) in [4.78, 5) is 0. The molecule has 0 aromatic heterocycles. The number of rotatable bonds is 5. The maximum Gasteiger partial charge on any atom is 0.389 e. The van der Waals surface area contributed by atoms with Gasteiger partial charge in [0.05, 0.1) is 19.8 Å². The summed E-state index contributed by atoms with van der Waals surface area (Å²) >= 11 is 0. The zero-order chi connectivity index (χ0) is 10.7. The summed E-state index contributed by atoms with van der Waals surface area (Å²) in [6, 6.07) is 0. The molecule has 2 nitrogen and oxygen atoms in total. The van der Waals surface area contributed by atoms with E-state index in [1.807, 2.05) is 6.92 Å². The molecule has 0 N–H and O–H groups in total. The Hall–Kier alpha value is -0.290. The normalized spacial score (nSPS) is 20.6. The van der Waals surface area contributed by atoms with Crippen molar-refractivity contribution in [2.75, 3.05) is 26.4 Å². The van der Waals surface area contributed by atoms with E-state index >= 15 is 0 Å². The Bertz CT molecular complexity index is 175. The third kappa shape index (κ3) is 4.28. The SMILES string of the molecule is CC1(COCCCC(F)(F)F)COC1. The predicted octanol–water partition coefficient (Wildman–Crippen LogP) is 2.38. The highest BCUT2D eigenvalue weighted by Gasteiger charge is 2.33. The first-order valence-electron chi connectivity index (χ1n) is 4.64. The number of hydrogen-bond donors (Lipinski definition) is 0. The van der Waals surface area contributed by atoms with Gasteiger partial charge in [0, 0.05) is 18.4 Å². The molecule has 0 radical (unpaired) electrons. The van der Waals surface area contributed by atoms with Crippen LogP contribution in [0.25, 0.3) is 0 Å². The average Bonchev–Trinajstić information content (AvgIpc) is 1.98. The molecule has 0 atom stereocenters. The molecule has 14 heavy (non-hydrogen) atoms. The molecule has 1 heterocycles. The molecule has 0 aromatic carbocycles. The summed E-state index contributed by atoms with van der Waals surface area (Å²) in [5.74, 6) is 0. The standard InChI is InChI=1S/C9H15F3O2/c1-8(6-14-7-8)5-13-4-2-3-9(10,11)12/h2-7H2,1H3. The Balaban J connectivity index is 1.94. The Morgan fingerprint density at radius 3 is 2.43 bits per heavy atom. The minimum atomic E-state index is -4.06. The van der Waals surface area contributed by atoms with E-state index in [0.717, 1.165) is 0 Å². The second-order valence-electron chi connectivity index (χ2n) is 4.07. The fraction of sp³-hybridized carbons (Fsp3) is 1.00. The molecule has 0 aliphatic carbocycles. The van der Waals surface area contributed by atoms with E-state index in [4.69, 9.17) is 9.47 Å². The molecule has 84 valence electrons. The van der Waals surface area contributed by atoms with Crippen LogP contribution in [0.1, 0.15) is 19.8 Å². The minimum absolute atomic E-state index is 0.0260. The van der Waals surface area contributed by atoms with Crippen molar-refractivity contribution in [1.82, 2.24) is 0 Å². The molecule has 5 heteroatoms. The van der Waals surface area contributed by atoms with Gasteiger partial charge >= 0.3 is 6.18 Å². The van der Waals surface area contributed by atoms with Crippen LogP contribution in [0.3, 0.4) is 0 Å². The van der Waals surface area contributed by atoms with Crippen LogP contribution in [-0.2, 0) is 9.47 Å². The van der Waals surface area contributed by atoms with E-state index in [0.29, 0.717) is 19.8 Å². The zero-order valence-electron chi connectivity index (χ0n) is 8.19. The Morgan fingerprint density at radius 2 is 2.00 bits per heavy atom. The maximum absolute atomic E-state index is 11.7. The Kier molecular flexibility index (Phi) is 3.78. The monoisotopic (exact) mass is 212 g/mol. The van der Waals surface area contributed by atoms with Gasteiger partial charge in [-0.05, 0) is 6.42 Å². The molecule has 1 saturated heterocycles. The van der Waals surface area contributed by atoms with Crippen molar-refractivity contribution in [1.29, 1.82) is 0 Å². The topological polar surface area (TPSA) is 18.5 Å². The molecule has 1 aliphatic rings. The molecule has 0 bridgehead atoms. The van der Waals surface area contributed by atoms with Gasteiger partial charge in [-0.25, -0.2) is 0 Å². The molecule has 0 amide bonds. The number of alkyl halides is 3. The van der Waals surface area contributed by atoms with Crippen LogP contribution in [0.2, 0.25) is 0 Å². The van der Waals surface area contributed by atoms with Crippen molar-refractivity contribution < 1.29 is 22.6 Å². The summed E-state index contributed by atoms with van der Waals surface area (Å²) in [5.41, 5.74) is 0.0260. The molecular weight excluding hydrogens is 197 g/mol. The van der Waals surface area contributed by atoms with Gasteiger partial charge in [-0.1, -0.05) is 6.92 Å². The van der Waals surface area contributed by atoms with E-state index < -0.39 is 12.6 Å². The molecule has 0 saturated carbocycles. The van der Waals surface area contributed by atoms with Crippen LogP contribution in [0.5, 0.6) is 0 Å². The molecule has 1 rings (SSSR count). The van der Waals surface area contributed by atoms with Crippen molar-refractivity contribution in [2.45, 2.75) is 25.9 Å². The lowest BCUT2D eigenvalue weighted by molar-refractivity contribution is -0.149. The van der Waals surface area contributed by atoms with Gasteiger partial charge in [0.2, 0.25) is 0 Å². The average molecular weight is 212 g/mol. The number of hydrogen-bond acceptors (Lipinski definition) is 2. The van der Waals surface area contributed by atoms with Gasteiger partial charge in [-0.15, -0.1) is 0 Å². The van der Waals surface area contributed by atoms with Gasteiger partial charge < -0.3 is 9.47 Å². The van der Waals surface area contributed by atoms with Gasteiger partial charge in [-0.3, -0.25) is 0 Å². The second kappa shape index (κ2) is 4.49. The second-order valence-corrected chi connectivity index (χ2v) is 4.07. The van der Waals surface area contributed by atoms with Crippen molar-refractivity contribution in [3.8, 4) is 0 Å². The highest BCUT2D eigenvalue weighted by molar-refractivity contribution is 4.79. The third-order valence-electron chi connectivity index (χ3n) is 2.10. The molecule has 0 aromatic rings. The smallest absolute Gasteiger partial charge is 0.381 e. The summed E-state index contributed by atoms with van der Waals surface area (Å²) in [6.45, 7) is 3.96. The van der Waals surface area contributed by atoms with Crippen molar-refractivity contribution in [3.63, 3.8) is 0 Å². The lowest BCUT2D eigenvalue weighted by Crippen LogP contribution is -2.43.